The van der Waals surface area contributed by atoms with Crippen LogP contribution in [0.15, 0.2) is 16.7 Å². The van der Waals surface area contributed by atoms with Gasteiger partial charge in [0.15, 0.2) is 6.10 Å². The molecular weight excluding hydrogens is 310 g/mol. The molecule has 1 unspecified atom stereocenters. The second kappa shape index (κ2) is 6.20. The molecule has 0 bridgehead atoms. The maximum Gasteiger partial charge on any atom is 0.322 e. The highest BCUT2D eigenvalue weighted by atomic mass is 16.5. The van der Waals surface area contributed by atoms with Crippen LogP contribution in [0.4, 0.5) is 10.5 Å². The van der Waals surface area contributed by atoms with Crippen LogP contribution >= 0.6 is 0 Å². The molecule has 1 fully saturated rings. The lowest BCUT2D eigenvalue weighted by molar-refractivity contribution is -0.0274. The first-order valence-electron chi connectivity index (χ1n) is 8.14. The maximum absolute atomic E-state index is 12.5. The zero-order chi connectivity index (χ0) is 16.5. The Morgan fingerprint density at radius 1 is 1.38 bits per heavy atom. The van der Waals surface area contributed by atoms with Crippen molar-refractivity contribution in [3.63, 3.8) is 0 Å². The topological polar surface area (TPSA) is 93.4 Å². The molecule has 0 radical (unpaired) electrons. The van der Waals surface area contributed by atoms with E-state index in [1.165, 1.54) is 5.56 Å². The third-order valence-corrected chi connectivity index (χ3v) is 4.34. The number of morpholine rings is 1. The first-order valence-corrected chi connectivity index (χ1v) is 8.14. The minimum absolute atomic E-state index is 0.167. The van der Waals surface area contributed by atoms with Gasteiger partial charge in [0.25, 0.3) is 0 Å². The number of carbonyl (C=O) groups excluding carboxylic acids is 1. The molecule has 1 N–H and O–H groups in total. The van der Waals surface area contributed by atoms with Gasteiger partial charge in [0.1, 0.15) is 0 Å². The molecule has 2 amide bonds. The Bertz CT molecular complexity index is 760. The maximum atomic E-state index is 12.5. The van der Waals surface area contributed by atoms with Crippen molar-refractivity contribution in [1.29, 1.82) is 0 Å². The molecule has 24 heavy (non-hydrogen) atoms. The average molecular weight is 329 g/mol. The highest BCUT2D eigenvalue weighted by Gasteiger charge is 2.29. The van der Waals surface area contributed by atoms with Crippen LogP contribution in [0.3, 0.4) is 0 Å². The van der Waals surface area contributed by atoms with E-state index in [2.05, 4.69) is 20.5 Å². The van der Waals surface area contributed by atoms with Crippen LogP contribution in [0, 0.1) is 6.92 Å². The fourth-order valence-electron chi connectivity index (χ4n) is 3.12. The van der Waals surface area contributed by atoms with Crippen LogP contribution in [-0.2, 0) is 17.6 Å². The van der Waals surface area contributed by atoms with Gasteiger partial charge in [-0.05, 0) is 30.9 Å². The van der Waals surface area contributed by atoms with Crippen LogP contribution in [0.1, 0.15) is 35.6 Å². The molecule has 2 aromatic rings. The Kier molecular flexibility index (Phi) is 3.89. The van der Waals surface area contributed by atoms with Crippen molar-refractivity contribution in [3.8, 4) is 0 Å². The number of hydrogen-bond donors (Lipinski definition) is 1. The fourth-order valence-corrected chi connectivity index (χ4v) is 3.12. The number of pyridine rings is 1. The molecular formula is C16H19N5O3. The van der Waals surface area contributed by atoms with Crippen LogP contribution in [-0.4, -0.2) is 45.8 Å². The molecule has 1 saturated heterocycles. The molecule has 0 aromatic carbocycles. The minimum Gasteiger partial charge on any atom is -0.423 e. The molecule has 8 nitrogen and oxygen atoms in total. The number of aryl methyl sites for hydroxylation is 3. The summed E-state index contributed by atoms with van der Waals surface area (Å²) in [6, 6.07) is 1.85. The quantitative estimate of drug-likeness (QED) is 0.904. The third kappa shape index (κ3) is 2.96. The van der Waals surface area contributed by atoms with E-state index in [0.717, 1.165) is 30.6 Å². The first kappa shape index (κ1) is 15.1. The molecule has 4 rings (SSSR count). The molecule has 0 saturated carbocycles. The lowest BCUT2D eigenvalue weighted by Gasteiger charge is -2.31. The van der Waals surface area contributed by atoms with Crippen molar-refractivity contribution in [2.45, 2.75) is 32.3 Å². The Labute approximate surface area is 139 Å². The Hall–Kier alpha value is -2.48. The molecule has 1 atom stereocenters. The highest BCUT2D eigenvalue weighted by Crippen LogP contribution is 2.24. The number of ether oxygens (including phenoxy) is 1. The summed E-state index contributed by atoms with van der Waals surface area (Å²) in [5.41, 5.74) is 3.11. The number of urea groups is 1. The minimum atomic E-state index is -0.385. The number of hydrogen-bond acceptors (Lipinski definition) is 6. The van der Waals surface area contributed by atoms with Gasteiger partial charge in [0.05, 0.1) is 25.0 Å². The summed E-state index contributed by atoms with van der Waals surface area (Å²) in [6.07, 6.45) is 4.53. The summed E-state index contributed by atoms with van der Waals surface area (Å²) < 4.78 is 11.0. The largest absolute Gasteiger partial charge is 0.423 e. The monoisotopic (exact) mass is 329 g/mol. The Balaban J connectivity index is 1.42. The Morgan fingerprint density at radius 2 is 2.29 bits per heavy atom. The number of aromatic nitrogens is 3. The summed E-state index contributed by atoms with van der Waals surface area (Å²) in [6.45, 7) is 3.06. The normalized spacial score (nSPS) is 20.0. The molecule has 126 valence electrons. The van der Waals surface area contributed by atoms with E-state index >= 15 is 0 Å². The second-order valence-electron chi connectivity index (χ2n) is 6.08. The number of fused-ring (bicyclic) bond motifs is 1. The van der Waals surface area contributed by atoms with E-state index in [9.17, 15) is 4.79 Å². The predicted octanol–water partition coefficient (Wildman–Crippen LogP) is 1.87. The van der Waals surface area contributed by atoms with Gasteiger partial charge in [0.2, 0.25) is 11.8 Å². The Morgan fingerprint density at radius 3 is 3.12 bits per heavy atom. The van der Waals surface area contributed by atoms with Crippen LogP contribution < -0.4 is 5.32 Å². The number of nitrogens with one attached hydrogen (secondary N) is 1. The van der Waals surface area contributed by atoms with E-state index in [0.29, 0.717) is 31.5 Å². The number of amides is 2. The molecule has 1 aliphatic heterocycles. The van der Waals surface area contributed by atoms with Gasteiger partial charge in [0, 0.05) is 19.2 Å². The number of carbonyl (C=O) groups is 1. The van der Waals surface area contributed by atoms with Crippen LogP contribution in [0.5, 0.6) is 0 Å². The van der Waals surface area contributed by atoms with E-state index < -0.39 is 0 Å². The second-order valence-corrected chi connectivity index (χ2v) is 6.08. The van der Waals surface area contributed by atoms with E-state index in [-0.39, 0.29) is 12.1 Å². The van der Waals surface area contributed by atoms with Crippen molar-refractivity contribution in [1.82, 2.24) is 20.1 Å². The lowest BCUT2D eigenvalue weighted by atomic mass is 10.2. The first-order chi connectivity index (χ1) is 11.7. The summed E-state index contributed by atoms with van der Waals surface area (Å²) in [4.78, 5) is 18.6. The van der Waals surface area contributed by atoms with Crippen molar-refractivity contribution < 1.29 is 13.9 Å². The molecule has 2 aliphatic rings. The van der Waals surface area contributed by atoms with E-state index in [1.54, 1.807) is 18.0 Å². The average Bonchev–Trinajstić information content (AvgIpc) is 3.23. The molecule has 2 aromatic heterocycles. The van der Waals surface area contributed by atoms with Gasteiger partial charge >= 0.3 is 6.03 Å². The summed E-state index contributed by atoms with van der Waals surface area (Å²) >= 11 is 0. The zero-order valence-electron chi connectivity index (χ0n) is 13.5. The van der Waals surface area contributed by atoms with Crippen LogP contribution in [0.25, 0.3) is 0 Å². The molecule has 3 heterocycles. The third-order valence-electron chi connectivity index (χ3n) is 4.34. The fraction of sp³-hybridized carbons (Fsp3) is 0.500. The summed E-state index contributed by atoms with van der Waals surface area (Å²) in [5, 5.41) is 10.7. The van der Waals surface area contributed by atoms with Crippen molar-refractivity contribution >= 4 is 11.7 Å². The lowest BCUT2D eigenvalue weighted by Crippen LogP contribution is -2.44. The van der Waals surface area contributed by atoms with Crippen molar-refractivity contribution in [2.75, 3.05) is 25.0 Å². The van der Waals surface area contributed by atoms with Gasteiger partial charge in [-0.1, -0.05) is 0 Å². The zero-order valence-corrected chi connectivity index (χ0v) is 13.5. The van der Waals surface area contributed by atoms with Gasteiger partial charge in [-0.25, -0.2) is 4.79 Å². The van der Waals surface area contributed by atoms with Gasteiger partial charge < -0.3 is 19.4 Å². The van der Waals surface area contributed by atoms with Crippen molar-refractivity contribution in [3.05, 3.63) is 35.3 Å². The molecule has 8 heteroatoms. The van der Waals surface area contributed by atoms with E-state index in [1.807, 2.05) is 6.07 Å². The van der Waals surface area contributed by atoms with E-state index in [4.69, 9.17) is 9.15 Å². The van der Waals surface area contributed by atoms with Crippen LogP contribution in [0.2, 0.25) is 0 Å². The SMILES string of the molecule is Cc1nnc(C2CN(C(=O)Nc3cnc4c(c3)CCC4)CCO2)o1. The van der Waals surface area contributed by atoms with Gasteiger partial charge in [-0.2, -0.15) is 0 Å². The summed E-state index contributed by atoms with van der Waals surface area (Å²) in [5.74, 6) is 0.892. The number of rotatable bonds is 2. The standard InChI is InChI=1S/C16H19N5O3/c1-10-19-20-15(24-10)14-9-21(5-6-23-14)16(22)18-12-7-11-3-2-4-13(11)17-8-12/h7-8,14H,2-6,9H2,1H3,(H,18,22). The highest BCUT2D eigenvalue weighted by molar-refractivity contribution is 5.89. The van der Waals surface area contributed by atoms with Gasteiger partial charge in [-0.3, -0.25) is 4.98 Å². The summed E-state index contributed by atoms with van der Waals surface area (Å²) in [7, 11) is 0. The number of nitrogens with zero attached hydrogens (tertiary/aromatic N) is 4. The van der Waals surface area contributed by atoms with Crippen molar-refractivity contribution in [2.24, 2.45) is 0 Å². The van der Waals surface area contributed by atoms with Gasteiger partial charge in [-0.15, -0.1) is 10.2 Å². The predicted molar refractivity (Wildman–Crippen MR) is 84.6 cm³/mol. The molecule has 1 aliphatic carbocycles. The molecule has 0 spiro atoms. The smallest absolute Gasteiger partial charge is 0.322 e. The number of anilines is 1.